The molecular weight excluding hydrogens is 426 g/mol. The number of carbonyl (C=O) groups is 3. The Bertz CT molecular complexity index is 971. The highest BCUT2D eigenvalue weighted by Gasteiger charge is 2.46. The summed E-state index contributed by atoms with van der Waals surface area (Å²) in [5.41, 5.74) is 7.97. The molecule has 4 N–H and O–H groups in total. The second kappa shape index (κ2) is 11.3. The molecule has 3 aliphatic carbocycles. The lowest BCUT2D eigenvalue weighted by atomic mass is 9.61. The lowest BCUT2D eigenvalue weighted by molar-refractivity contribution is -0.133. The molecule has 3 atom stereocenters. The molecule has 2 aromatic carbocycles. The van der Waals surface area contributed by atoms with Gasteiger partial charge in [-0.2, -0.15) is 0 Å². The summed E-state index contributed by atoms with van der Waals surface area (Å²) in [5, 5.41) is 5.88. The first kappa shape index (κ1) is 24.0. The van der Waals surface area contributed by atoms with E-state index in [2.05, 4.69) is 22.8 Å². The molecule has 0 radical (unpaired) electrons. The third kappa shape index (κ3) is 6.04. The van der Waals surface area contributed by atoms with Crippen molar-refractivity contribution in [3.8, 4) is 0 Å². The number of nitrogens with one attached hydrogen (secondary N) is 2. The lowest BCUT2D eigenvalue weighted by Gasteiger charge is -2.47. The van der Waals surface area contributed by atoms with Gasteiger partial charge in [0.05, 0.1) is 12.5 Å². The topological polar surface area (TPSA) is 101 Å². The van der Waals surface area contributed by atoms with Gasteiger partial charge in [-0.3, -0.25) is 14.4 Å². The van der Waals surface area contributed by atoms with Crippen molar-refractivity contribution in [1.29, 1.82) is 0 Å². The molecule has 3 amide bonds. The molecule has 0 spiro atoms. The van der Waals surface area contributed by atoms with E-state index < -0.39 is 0 Å². The van der Waals surface area contributed by atoms with Crippen LogP contribution in [-0.2, 0) is 27.2 Å². The van der Waals surface area contributed by atoms with Crippen LogP contribution in [0.25, 0.3) is 0 Å². The highest BCUT2D eigenvalue weighted by atomic mass is 16.2. The molecule has 0 saturated heterocycles. The fourth-order valence-electron chi connectivity index (χ4n) is 5.83. The van der Waals surface area contributed by atoms with Gasteiger partial charge in [0.15, 0.2) is 0 Å². The van der Waals surface area contributed by atoms with Crippen LogP contribution in [0.1, 0.15) is 43.2 Å². The molecule has 3 saturated carbocycles. The predicted octanol–water partition coefficient (Wildman–Crippen LogP) is 3.00. The van der Waals surface area contributed by atoms with Crippen LogP contribution in [0.2, 0.25) is 0 Å². The third-order valence-corrected chi connectivity index (χ3v) is 7.62. The minimum absolute atomic E-state index is 0.0885. The fourth-order valence-corrected chi connectivity index (χ4v) is 5.83. The van der Waals surface area contributed by atoms with Crippen molar-refractivity contribution in [3.05, 3.63) is 71.8 Å². The summed E-state index contributed by atoms with van der Waals surface area (Å²) in [6, 6.07) is 19.9. The van der Waals surface area contributed by atoms with Crippen LogP contribution in [0.4, 0.5) is 0 Å². The Labute approximate surface area is 201 Å². The van der Waals surface area contributed by atoms with Gasteiger partial charge in [-0.25, -0.2) is 0 Å². The third-order valence-electron chi connectivity index (χ3n) is 7.62. The molecule has 2 bridgehead atoms. The quantitative estimate of drug-likeness (QED) is 0.507. The summed E-state index contributed by atoms with van der Waals surface area (Å²) in [7, 11) is 0. The van der Waals surface area contributed by atoms with Crippen LogP contribution in [0.5, 0.6) is 0 Å². The number of amides is 3. The van der Waals surface area contributed by atoms with Crippen molar-refractivity contribution in [2.45, 2.75) is 51.0 Å². The Hall–Kier alpha value is -3.15. The van der Waals surface area contributed by atoms with E-state index in [0.29, 0.717) is 18.8 Å². The van der Waals surface area contributed by atoms with Gasteiger partial charge in [0.2, 0.25) is 17.7 Å². The van der Waals surface area contributed by atoms with Gasteiger partial charge in [-0.15, -0.1) is 0 Å². The highest BCUT2D eigenvalue weighted by molar-refractivity contribution is 5.87. The molecule has 6 nitrogen and oxygen atoms in total. The molecule has 5 rings (SSSR count). The number of nitrogens with two attached hydrogens (primary N) is 1. The van der Waals surface area contributed by atoms with Gasteiger partial charge < -0.3 is 16.4 Å². The Balaban J connectivity index is 1.34. The van der Waals surface area contributed by atoms with Crippen LogP contribution in [0.15, 0.2) is 60.7 Å². The van der Waals surface area contributed by atoms with Crippen molar-refractivity contribution >= 4 is 17.7 Å². The standard InChI is InChI=1S/C28H35N3O3/c29-27(33)25-21-13-15-22(16-14-21)26(25)31-24(32)18-30-28(34)23(17-20-9-5-2-6-10-20)12-11-19-7-3-1-4-8-19/h1-10,21-23,25-26H,11-18H2,(H2,29,33)(H,30,34)(H,31,32). The second-order valence-electron chi connectivity index (χ2n) is 9.83. The SMILES string of the molecule is NC(=O)C1C2CCC(CC2)C1NC(=O)CNC(=O)C(CCc1ccccc1)Cc1ccccc1. The summed E-state index contributed by atoms with van der Waals surface area (Å²) >= 11 is 0. The second-order valence-corrected chi connectivity index (χ2v) is 9.83. The summed E-state index contributed by atoms with van der Waals surface area (Å²) in [6.45, 7) is -0.0885. The maximum Gasteiger partial charge on any atom is 0.239 e. The number of carbonyl (C=O) groups excluding carboxylic acids is 3. The van der Waals surface area contributed by atoms with Crippen LogP contribution >= 0.6 is 0 Å². The van der Waals surface area contributed by atoms with E-state index in [1.54, 1.807) is 0 Å². The van der Waals surface area contributed by atoms with E-state index in [9.17, 15) is 14.4 Å². The zero-order chi connectivity index (χ0) is 23.9. The lowest BCUT2D eigenvalue weighted by Crippen LogP contribution is -2.58. The molecule has 3 fully saturated rings. The number of hydrogen-bond donors (Lipinski definition) is 3. The van der Waals surface area contributed by atoms with Gasteiger partial charge in [0, 0.05) is 12.0 Å². The van der Waals surface area contributed by atoms with E-state index in [0.717, 1.165) is 37.7 Å². The average Bonchev–Trinajstić information content (AvgIpc) is 2.86. The van der Waals surface area contributed by atoms with Gasteiger partial charge in [0.1, 0.15) is 0 Å². The molecule has 2 aromatic rings. The number of benzene rings is 2. The Kier molecular flexibility index (Phi) is 7.99. The molecule has 3 unspecified atom stereocenters. The number of aryl methyl sites for hydroxylation is 1. The van der Waals surface area contributed by atoms with E-state index in [4.69, 9.17) is 5.73 Å². The number of fused-ring (bicyclic) bond motifs is 3. The van der Waals surface area contributed by atoms with Crippen LogP contribution < -0.4 is 16.4 Å². The maximum atomic E-state index is 13.1. The first-order valence-corrected chi connectivity index (χ1v) is 12.5. The van der Waals surface area contributed by atoms with Crippen molar-refractivity contribution < 1.29 is 14.4 Å². The minimum atomic E-state index is -0.326. The van der Waals surface area contributed by atoms with Gasteiger partial charge >= 0.3 is 0 Å². The van der Waals surface area contributed by atoms with Crippen LogP contribution in [-0.4, -0.2) is 30.3 Å². The van der Waals surface area contributed by atoms with Crippen molar-refractivity contribution in [1.82, 2.24) is 10.6 Å². The van der Waals surface area contributed by atoms with Crippen LogP contribution in [0, 0.1) is 23.7 Å². The van der Waals surface area contributed by atoms with Crippen molar-refractivity contribution in [2.24, 2.45) is 29.4 Å². The number of rotatable bonds is 10. The Morgan fingerprint density at radius 2 is 1.44 bits per heavy atom. The number of primary amides is 1. The van der Waals surface area contributed by atoms with Crippen LogP contribution in [0.3, 0.4) is 0 Å². The average molecular weight is 462 g/mol. The molecule has 0 heterocycles. The summed E-state index contributed by atoms with van der Waals surface area (Å²) in [6.07, 6.45) is 6.16. The molecule has 0 aromatic heterocycles. The van der Waals surface area contributed by atoms with E-state index in [1.165, 1.54) is 5.56 Å². The monoisotopic (exact) mass is 461 g/mol. The number of hydrogen-bond acceptors (Lipinski definition) is 3. The van der Waals surface area contributed by atoms with Crippen molar-refractivity contribution in [2.75, 3.05) is 6.54 Å². The molecule has 180 valence electrons. The molecule has 6 heteroatoms. The van der Waals surface area contributed by atoms with Gasteiger partial charge in [0.25, 0.3) is 0 Å². The minimum Gasteiger partial charge on any atom is -0.369 e. The van der Waals surface area contributed by atoms with E-state index >= 15 is 0 Å². The fraction of sp³-hybridized carbons (Fsp3) is 0.464. The summed E-state index contributed by atoms with van der Waals surface area (Å²) < 4.78 is 0. The molecule has 3 aliphatic rings. The van der Waals surface area contributed by atoms with Gasteiger partial charge in [-0.1, -0.05) is 60.7 Å². The molecular formula is C28H35N3O3. The summed E-state index contributed by atoms with van der Waals surface area (Å²) in [4.78, 5) is 37.9. The van der Waals surface area contributed by atoms with E-state index in [-0.39, 0.29) is 48.1 Å². The largest absolute Gasteiger partial charge is 0.369 e. The molecule has 34 heavy (non-hydrogen) atoms. The Morgan fingerprint density at radius 3 is 2.06 bits per heavy atom. The first-order chi connectivity index (χ1) is 16.5. The highest BCUT2D eigenvalue weighted by Crippen LogP contribution is 2.45. The van der Waals surface area contributed by atoms with Gasteiger partial charge in [-0.05, 0) is 67.9 Å². The zero-order valence-corrected chi connectivity index (χ0v) is 19.6. The maximum absolute atomic E-state index is 13.1. The predicted molar refractivity (Wildman–Crippen MR) is 131 cm³/mol. The van der Waals surface area contributed by atoms with E-state index in [1.807, 2.05) is 48.5 Å². The first-order valence-electron chi connectivity index (χ1n) is 12.5. The van der Waals surface area contributed by atoms with Crippen molar-refractivity contribution in [3.63, 3.8) is 0 Å². The Morgan fingerprint density at radius 1 is 0.853 bits per heavy atom. The zero-order valence-electron chi connectivity index (χ0n) is 19.6. The normalized spacial score (nSPS) is 24.2. The molecule has 0 aliphatic heterocycles. The smallest absolute Gasteiger partial charge is 0.239 e. The summed E-state index contributed by atoms with van der Waals surface area (Å²) in [5.74, 6) is -0.685.